The van der Waals surface area contributed by atoms with E-state index >= 15 is 0 Å². The van der Waals surface area contributed by atoms with Crippen molar-refractivity contribution in [3.8, 4) is 0 Å². The number of hydrogen-bond donors (Lipinski definition) is 0. The summed E-state index contributed by atoms with van der Waals surface area (Å²) >= 11 is 0. The summed E-state index contributed by atoms with van der Waals surface area (Å²) in [6, 6.07) is 0.241. The molecule has 0 bridgehead atoms. The number of hydrogen-bond acceptors (Lipinski definition) is 9. The van der Waals surface area contributed by atoms with E-state index in [0.29, 0.717) is 32.8 Å². The van der Waals surface area contributed by atoms with Gasteiger partial charge in [0.2, 0.25) is 11.9 Å². The normalized spacial score (nSPS) is 18.8. The molecule has 2 aliphatic rings. The van der Waals surface area contributed by atoms with Crippen molar-refractivity contribution in [2.45, 2.75) is 63.0 Å². The van der Waals surface area contributed by atoms with Gasteiger partial charge in [-0.25, -0.2) is 9.97 Å². The molecular formula is C28H41F6N5O5Si. The molecule has 1 aromatic heterocycles. The van der Waals surface area contributed by atoms with E-state index in [9.17, 15) is 31.1 Å². The number of aliphatic imine (C=N–C) groups is 1. The van der Waals surface area contributed by atoms with Crippen LogP contribution in [0.3, 0.4) is 0 Å². The lowest BCUT2D eigenvalue weighted by atomic mass is 10.0. The summed E-state index contributed by atoms with van der Waals surface area (Å²) in [6.07, 6.45) is -7.83. The van der Waals surface area contributed by atoms with E-state index in [0.717, 1.165) is 24.7 Å². The van der Waals surface area contributed by atoms with E-state index in [1.165, 1.54) is 7.11 Å². The molecule has 254 valence electrons. The maximum atomic E-state index is 13.9. The lowest BCUT2D eigenvalue weighted by molar-refractivity contribution is -0.138. The molecule has 45 heavy (non-hydrogen) atoms. The standard InChI is InChI=1S/C28H41F6N5O5Si/c1-41-18-22(44-24-16-35-21(13-23(24)28(32,33)34)17-43-11-12-45(2,3)4)19-42-10-5-25(40)38-6-8-39(9-7-38)26-36-14-20(15-37-26)27(29,30)31/h14-16,21-22H,5-13,17-19H2,1-4H3. The number of alkyl halides is 6. The Bertz CT molecular complexity index is 1150. The van der Waals surface area contributed by atoms with E-state index in [1.807, 2.05) is 0 Å². The topological polar surface area (TPSA) is 98.6 Å². The van der Waals surface area contributed by atoms with Gasteiger partial charge in [0.05, 0.1) is 56.2 Å². The number of nitrogens with zero attached hydrogens (tertiary/aromatic N) is 5. The Morgan fingerprint density at radius 3 is 2.22 bits per heavy atom. The number of allylic oxidation sites excluding steroid dienone is 1. The van der Waals surface area contributed by atoms with E-state index < -0.39 is 49.5 Å². The number of carbonyl (C=O) groups is 1. The number of ether oxygens (including phenoxy) is 4. The van der Waals surface area contributed by atoms with Gasteiger partial charge >= 0.3 is 12.4 Å². The van der Waals surface area contributed by atoms with E-state index in [1.54, 1.807) is 9.80 Å². The molecule has 10 nitrogen and oxygen atoms in total. The number of carbonyl (C=O) groups excluding carboxylic acids is 1. The molecule has 17 heteroatoms. The van der Waals surface area contributed by atoms with Crippen LogP contribution >= 0.6 is 0 Å². The Balaban J connectivity index is 1.44. The molecule has 1 fully saturated rings. The van der Waals surface area contributed by atoms with E-state index in [2.05, 4.69) is 34.6 Å². The number of aromatic nitrogens is 2. The molecule has 0 N–H and O–H groups in total. The fraction of sp³-hybridized carbons (Fsp3) is 0.714. The molecule has 2 unspecified atom stereocenters. The second kappa shape index (κ2) is 16.2. The van der Waals surface area contributed by atoms with Gasteiger partial charge in [0.25, 0.3) is 0 Å². The van der Waals surface area contributed by atoms with E-state index in [4.69, 9.17) is 18.9 Å². The predicted octanol–water partition coefficient (Wildman–Crippen LogP) is 4.60. The van der Waals surface area contributed by atoms with Crippen LogP contribution in [-0.2, 0) is 29.9 Å². The number of piperazine rings is 1. The summed E-state index contributed by atoms with van der Waals surface area (Å²) in [5, 5.41) is 0. The van der Waals surface area contributed by atoms with Crippen LogP contribution < -0.4 is 4.90 Å². The van der Waals surface area contributed by atoms with Crippen molar-refractivity contribution in [1.82, 2.24) is 14.9 Å². The summed E-state index contributed by atoms with van der Waals surface area (Å²) in [5.74, 6) is -0.444. The number of rotatable bonds is 15. The lowest BCUT2D eigenvalue weighted by Gasteiger charge is -2.34. The second-order valence-electron chi connectivity index (χ2n) is 12.0. The van der Waals surface area contributed by atoms with Crippen LogP contribution in [0.15, 0.2) is 28.7 Å². The monoisotopic (exact) mass is 669 g/mol. The summed E-state index contributed by atoms with van der Waals surface area (Å²) in [6.45, 7) is 8.29. The van der Waals surface area contributed by atoms with Crippen molar-refractivity contribution in [3.05, 3.63) is 29.3 Å². The molecule has 0 aromatic carbocycles. The highest BCUT2D eigenvalue weighted by Crippen LogP contribution is 2.35. The SMILES string of the molecule is COCC(COCCC(=O)N1CCN(c2ncc(C(F)(F)F)cn2)CC1)OC1=C(C(F)(F)F)CC(COCC[Si](C)(C)C)N=C1. The van der Waals surface area contributed by atoms with Gasteiger partial charge in [-0.05, 0) is 6.04 Å². The first-order valence-corrected chi connectivity index (χ1v) is 18.3. The Morgan fingerprint density at radius 2 is 1.64 bits per heavy atom. The zero-order chi connectivity index (χ0) is 33.3. The van der Waals surface area contributed by atoms with Crippen LogP contribution in [-0.4, -0.2) is 120 Å². The third-order valence-corrected chi connectivity index (χ3v) is 8.78. The largest absolute Gasteiger partial charge is 0.484 e. The van der Waals surface area contributed by atoms with Gasteiger partial charge in [-0.2, -0.15) is 26.3 Å². The molecule has 2 aliphatic heterocycles. The fourth-order valence-electron chi connectivity index (χ4n) is 4.50. The van der Waals surface area contributed by atoms with Crippen LogP contribution in [0.2, 0.25) is 25.7 Å². The molecule has 0 radical (unpaired) electrons. The van der Waals surface area contributed by atoms with Gasteiger partial charge in [0.1, 0.15) is 11.9 Å². The number of anilines is 1. The summed E-state index contributed by atoms with van der Waals surface area (Å²) in [4.78, 5) is 27.7. The minimum absolute atomic E-state index is 0.000732. The first kappa shape index (κ1) is 36.7. The smallest absolute Gasteiger partial charge is 0.419 e. The van der Waals surface area contributed by atoms with Crippen LogP contribution in [0.4, 0.5) is 32.3 Å². The van der Waals surface area contributed by atoms with Crippen molar-refractivity contribution in [3.63, 3.8) is 0 Å². The quantitative estimate of drug-likeness (QED) is 0.152. The van der Waals surface area contributed by atoms with Gasteiger partial charge in [0.15, 0.2) is 0 Å². The van der Waals surface area contributed by atoms with Gasteiger partial charge in [-0.1, -0.05) is 19.6 Å². The molecule has 2 atom stereocenters. The van der Waals surface area contributed by atoms with Gasteiger partial charge in [-0.15, -0.1) is 0 Å². The van der Waals surface area contributed by atoms with Crippen LogP contribution in [0.25, 0.3) is 0 Å². The third kappa shape index (κ3) is 12.2. The van der Waals surface area contributed by atoms with Crippen LogP contribution in [0, 0.1) is 0 Å². The molecular weight excluding hydrogens is 628 g/mol. The van der Waals surface area contributed by atoms with Crippen molar-refractivity contribution in [2.75, 3.05) is 71.2 Å². The highest BCUT2D eigenvalue weighted by atomic mass is 28.3. The first-order valence-electron chi connectivity index (χ1n) is 14.6. The van der Waals surface area contributed by atoms with Crippen LogP contribution in [0.5, 0.6) is 0 Å². The minimum Gasteiger partial charge on any atom is -0.484 e. The molecule has 0 saturated carbocycles. The fourth-order valence-corrected chi connectivity index (χ4v) is 5.25. The van der Waals surface area contributed by atoms with Gasteiger partial charge < -0.3 is 28.7 Å². The molecule has 1 saturated heterocycles. The van der Waals surface area contributed by atoms with Gasteiger partial charge in [0, 0.05) is 66.8 Å². The minimum atomic E-state index is -4.62. The molecule has 3 rings (SSSR count). The Hall–Kier alpha value is -2.76. The van der Waals surface area contributed by atoms with Gasteiger partial charge in [-0.3, -0.25) is 9.79 Å². The molecule has 3 heterocycles. The number of methoxy groups -OCH3 is 1. The summed E-state index contributed by atoms with van der Waals surface area (Å²) < 4.78 is 102. The number of amides is 1. The zero-order valence-electron chi connectivity index (χ0n) is 25.9. The Labute approximate surface area is 259 Å². The first-order chi connectivity index (χ1) is 21.1. The molecule has 1 aromatic rings. The Kier molecular flexibility index (Phi) is 13.2. The predicted molar refractivity (Wildman–Crippen MR) is 157 cm³/mol. The molecule has 1 amide bonds. The second-order valence-corrected chi connectivity index (χ2v) is 17.6. The van der Waals surface area contributed by atoms with E-state index in [-0.39, 0.29) is 51.1 Å². The average Bonchev–Trinajstić information content (AvgIpc) is 2.96. The maximum absolute atomic E-state index is 13.9. The summed E-state index contributed by atoms with van der Waals surface area (Å²) in [7, 11) is 0.0614. The van der Waals surface area contributed by atoms with Crippen molar-refractivity contribution in [1.29, 1.82) is 0 Å². The lowest BCUT2D eigenvalue weighted by Crippen LogP contribution is -2.49. The highest BCUT2D eigenvalue weighted by molar-refractivity contribution is 6.76. The highest BCUT2D eigenvalue weighted by Gasteiger charge is 2.40. The van der Waals surface area contributed by atoms with Crippen molar-refractivity contribution < 1.29 is 50.1 Å². The third-order valence-electron chi connectivity index (χ3n) is 7.08. The molecule has 0 aliphatic carbocycles. The zero-order valence-corrected chi connectivity index (χ0v) is 26.9. The average molecular weight is 670 g/mol. The Morgan fingerprint density at radius 1 is 0.978 bits per heavy atom. The summed E-state index contributed by atoms with van der Waals surface area (Å²) in [5.41, 5.74) is -1.77. The molecule has 0 spiro atoms. The van der Waals surface area contributed by atoms with Crippen LogP contribution in [0.1, 0.15) is 18.4 Å². The number of dihydropyridines is 1. The van der Waals surface area contributed by atoms with Crippen molar-refractivity contribution in [2.24, 2.45) is 4.99 Å². The maximum Gasteiger partial charge on any atom is 0.419 e. The van der Waals surface area contributed by atoms with Crippen molar-refractivity contribution >= 4 is 26.1 Å². The number of halogens is 6.